The molecule has 1 aromatic rings. The van der Waals surface area contributed by atoms with Gasteiger partial charge in [-0.2, -0.15) is 0 Å². The van der Waals surface area contributed by atoms with Crippen molar-refractivity contribution < 1.29 is 0 Å². The van der Waals surface area contributed by atoms with Crippen LogP contribution < -0.4 is 10.6 Å². The van der Waals surface area contributed by atoms with E-state index in [-0.39, 0.29) is 0 Å². The summed E-state index contributed by atoms with van der Waals surface area (Å²) in [6, 6.07) is 0.769. The highest BCUT2D eigenvalue weighted by Gasteiger charge is 2.16. The summed E-state index contributed by atoms with van der Waals surface area (Å²) in [5.74, 6) is 0.933. The van der Waals surface area contributed by atoms with Crippen LogP contribution in [0.2, 0.25) is 0 Å². The Morgan fingerprint density at radius 2 is 2.24 bits per heavy atom. The minimum absolute atomic E-state index is 0.769. The fourth-order valence-corrected chi connectivity index (χ4v) is 4.04. The smallest absolute Gasteiger partial charge is 0.191 e. The maximum atomic E-state index is 4.71. The third-order valence-electron chi connectivity index (χ3n) is 4.71. The number of guanidine groups is 1. The van der Waals surface area contributed by atoms with Crippen LogP contribution in [-0.2, 0) is 6.42 Å². The van der Waals surface area contributed by atoms with Crippen LogP contribution in [0.1, 0.15) is 55.8 Å². The quantitative estimate of drug-likeness (QED) is 0.401. The average molecular weight is 366 g/mol. The molecule has 6 heteroatoms. The van der Waals surface area contributed by atoms with Gasteiger partial charge < -0.3 is 15.5 Å². The zero-order chi connectivity index (χ0) is 17.9. The summed E-state index contributed by atoms with van der Waals surface area (Å²) >= 11 is 1.77. The third kappa shape index (κ3) is 7.74. The van der Waals surface area contributed by atoms with Crippen molar-refractivity contribution in [2.45, 2.75) is 65.3 Å². The van der Waals surface area contributed by atoms with Gasteiger partial charge in [-0.3, -0.25) is 4.99 Å². The predicted molar refractivity (Wildman–Crippen MR) is 109 cm³/mol. The van der Waals surface area contributed by atoms with Crippen LogP contribution in [0.5, 0.6) is 0 Å². The van der Waals surface area contributed by atoms with Crippen LogP contribution in [0.3, 0.4) is 0 Å². The molecule has 0 aromatic carbocycles. The van der Waals surface area contributed by atoms with Gasteiger partial charge in [0.25, 0.3) is 0 Å². The van der Waals surface area contributed by atoms with Crippen LogP contribution >= 0.6 is 11.3 Å². The van der Waals surface area contributed by atoms with Crippen molar-refractivity contribution >= 4 is 17.3 Å². The Morgan fingerprint density at radius 1 is 1.36 bits per heavy atom. The van der Waals surface area contributed by atoms with Gasteiger partial charge in [-0.25, -0.2) is 4.98 Å². The van der Waals surface area contributed by atoms with Gasteiger partial charge in [0.05, 0.1) is 5.01 Å². The summed E-state index contributed by atoms with van der Waals surface area (Å²) in [6.45, 7) is 11.8. The lowest BCUT2D eigenvalue weighted by molar-refractivity contribution is 0.158. The molecule has 1 aromatic heterocycles. The molecule has 2 heterocycles. The van der Waals surface area contributed by atoms with Gasteiger partial charge in [-0.05, 0) is 59.5 Å². The molecular formula is C19H35N5S. The normalized spacial score (nSPS) is 19.2. The van der Waals surface area contributed by atoms with E-state index >= 15 is 0 Å². The van der Waals surface area contributed by atoms with Crippen molar-refractivity contribution in [1.82, 2.24) is 20.5 Å². The second kappa shape index (κ2) is 11.5. The summed E-state index contributed by atoms with van der Waals surface area (Å²) in [5, 5.41) is 7.94. The molecule has 1 unspecified atom stereocenters. The Bertz CT molecular complexity index is 514. The van der Waals surface area contributed by atoms with E-state index in [2.05, 4.69) is 41.3 Å². The molecule has 0 saturated carbocycles. The van der Waals surface area contributed by atoms with E-state index in [0.717, 1.165) is 44.5 Å². The van der Waals surface area contributed by atoms with E-state index in [4.69, 9.17) is 4.99 Å². The van der Waals surface area contributed by atoms with Crippen molar-refractivity contribution in [3.63, 3.8) is 0 Å². The highest BCUT2D eigenvalue weighted by Crippen LogP contribution is 2.16. The second-order valence-corrected chi connectivity index (χ2v) is 8.21. The first-order chi connectivity index (χ1) is 12.2. The van der Waals surface area contributed by atoms with Gasteiger partial charge in [0.2, 0.25) is 0 Å². The summed E-state index contributed by atoms with van der Waals surface area (Å²) in [6.07, 6.45) is 9.44. The molecule has 0 radical (unpaired) electrons. The van der Waals surface area contributed by atoms with E-state index in [1.807, 2.05) is 6.20 Å². The molecule has 25 heavy (non-hydrogen) atoms. The second-order valence-electron chi connectivity index (χ2n) is 6.89. The number of aliphatic imine (C=N–C) groups is 1. The summed E-state index contributed by atoms with van der Waals surface area (Å²) in [4.78, 5) is 13.0. The molecule has 5 nitrogen and oxygen atoms in total. The molecule has 1 aliphatic heterocycles. The lowest BCUT2D eigenvalue weighted by Gasteiger charge is -2.33. The van der Waals surface area contributed by atoms with Crippen LogP contribution in [0.15, 0.2) is 11.2 Å². The van der Waals surface area contributed by atoms with Gasteiger partial charge in [-0.15, -0.1) is 11.3 Å². The number of rotatable bonds is 9. The number of likely N-dealkylation sites (tertiary alicyclic amines) is 1. The van der Waals surface area contributed by atoms with E-state index < -0.39 is 0 Å². The number of nitrogens with one attached hydrogen (secondary N) is 2. The Kier molecular flexibility index (Phi) is 9.26. The number of piperidine rings is 1. The average Bonchev–Trinajstić information content (AvgIpc) is 3.01. The SMILES string of the molecule is CCNC(=NCCCCN1CCCCC1C)NCCc1ncc(C)s1. The molecule has 1 fully saturated rings. The van der Waals surface area contributed by atoms with E-state index in [1.54, 1.807) is 11.3 Å². The number of thiazole rings is 1. The molecule has 0 amide bonds. The predicted octanol–water partition coefficient (Wildman–Crippen LogP) is 3.20. The molecule has 0 bridgehead atoms. The Balaban J connectivity index is 1.62. The van der Waals surface area contributed by atoms with E-state index in [1.165, 1.54) is 48.7 Å². The Morgan fingerprint density at radius 3 is 2.96 bits per heavy atom. The molecule has 142 valence electrons. The summed E-state index contributed by atoms with van der Waals surface area (Å²) < 4.78 is 0. The maximum Gasteiger partial charge on any atom is 0.191 e. The first kappa shape index (κ1) is 20.2. The minimum atomic E-state index is 0.769. The van der Waals surface area contributed by atoms with Crippen LogP contribution in [0.25, 0.3) is 0 Å². The van der Waals surface area contributed by atoms with E-state index in [0.29, 0.717) is 0 Å². The Labute approximate surface area is 157 Å². The number of aromatic nitrogens is 1. The van der Waals surface area contributed by atoms with Crippen molar-refractivity contribution in [1.29, 1.82) is 0 Å². The fourth-order valence-electron chi connectivity index (χ4n) is 3.25. The first-order valence-electron chi connectivity index (χ1n) is 9.86. The van der Waals surface area contributed by atoms with Crippen molar-refractivity contribution in [3.8, 4) is 0 Å². The van der Waals surface area contributed by atoms with Crippen LogP contribution in [0.4, 0.5) is 0 Å². The molecule has 0 aliphatic carbocycles. The Hall–Kier alpha value is -1.14. The van der Waals surface area contributed by atoms with Gasteiger partial charge in [0, 0.05) is 43.2 Å². The van der Waals surface area contributed by atoms with Crippen molar-refractivity contribution in [3.05, 3.63) is 16.1 Å². The molecule has 1 aliphatic rings. The highest BCUT2D eigenvalue weighted by atomic mass is 32.1. The zero-order valence-corrected chi connectivity index (χ0v) is 17.0. The maximum absolute atomic E-state index is 4.71. The van der Waals surface area contributed by atoms with Crippen LogP contribution in [0, 0.1) is 6.92 Å². The molecule has 2 N–H and O–H groups in total. The fraction of sp³-hybridized carbons (Fsp3) is 0.789. The van der Waals surface area contributed by atoms with Crippen LogP contribution in [-0.4, -0.2) is 54.6 Å². The molecule has 1 atom stereocenters. The third-order valence-corrected chi connectivity index (χ3v) is 5.68. The molecule has 2 rings (SSSR count). The van der Waals surface area contributed by atoms with Crippen molar-refractivity contribution in [2.24, 2.45) is 4.99 Å². The van der Waals surface area contributed by atoms with Gasteiger partial charge in [-0.1, -0.05) is 6.42 Å². The lowest BCUT2D eigenvalue weighted by Crippen LogP contribution is -2.38. The highest BCUT2D eigenvalue weighted by molar-refractivity contribution is 7.11. The first-order valence-corrected chi connectivity index (χ1v) is 10.7. The number of unbranched alkanes of at least 4 members (excludes halogenated alkanes) is 1. The summed E-state index contributed by atoms with van der Waals surface area (Å²) in [7, 11) is 0. The van der Waals surface area contributed by atoms with Gasteiger partial charge in [0.15, 0.2) is 5.96 Å². The number of aryl methyl sites for hydroxylation is 1. The standard InChI is InChI=1S/C19H35N5S/c1-4-20-19(22-12-10-18-23-15-17(3)25-18)21-11-6-8-14-24-13-7-5-9-16(24)2/h15-16H,4-14H2,1-3H3,(H2,20,21,22). The van der Waals surface area contributed by atoms with E-state index in [9.17, 15) is 0 Å². The van der Waals surface area contributed by atoms with Crippen molar-refractivity contribution in [2.75, 3.05) is 32.7 Å². The minimum Gasteiger partial charge on any atom is -0.357 e. The zero-order valence-electron chi connectivity index (χ0n) is 16.2. The monoisotopic (exact) mass is 365 g/mol. The molecular weight excluding hydrogens is 330 g/mol. The molecule has 1 saturated heterocycles. The van der Waals surface area contributed by atoms with Gasteiger partial charge in [0.1, 0.15) is 0 Å². The van der Waals surface area contributed by atoms with Gasteiger partial charge >= 0.3 is 0 Å². The number of nitrogens with zero attached hydrogens (tertiary/aromatic N) is 3. The topological polar surface area (TPSA) is 52.6 Å². The summed E-state index contributed by atoms with van der Waals surface area (Å²) in [5.41, 5.74) is 0. The number of hydrogen-bond donors (Lipinski definition) is 2. The largest absolute Gasteiger partial charge is 0.357 e. The lowest BCUT2D eigenvalue weighted by atomic mass is 10.0. The number of hydrogen-bond acceptors (Lipinski definition) is 4. The molecule has 0 spiro atoms.